The van der Waals surface area contributed by atoms with Crippen molar-refractivity contribution in [1.82, 2.24) is 4.90 Å². The summed E-state index contributed by atoms with van der Waals surface area (Å²) >= 11 is 2.14. The first-order valence-corrected chi connectivity index (χ1v) is 4.37. The Labute approximate surface area is 54.4 Å². The molecule has 0 aliphatic carbocycles. The van der Waals surface area contributed by atoms with Crippen molar-refractivity contribution in [3.8, 4) is 0 Å². The lowest BCUT2D eigenvalue weighted by Crippen LogP contribution is -2.48. The maximum absolute atomic E-state index is 2.58. The minimum absolute atomic E-state index is 0.934. The van der Waals surface area contributed by atoms with Gasteiger partial charge in [0.05, 0.1) is 5.37 Å². The third-order valence-electron chi connectivity index (χ3n) is 1.97. The molecule has 2 rings (SSSR count). The normalized spacial score (nSPS) is 38.2. The fraction of sp³-hybridized carbons (Fsp3) is 1.00. The van der Waals surface area contributed by atoms with E-state index < -0.39 is 0 Å². The minimum Gasteiger partial charge on any atom is -0.291 e. The SMILES string of the molecule is C1CSC2CCN2C1. The van der Waals surface area contributed by atoms with Crippen LogP contribution < -0.4 is 0 Å². The Morgan fingerprint density at radius 2 is 2.38 bits per heavy atom. The second-order valence-electron chi connectivity index (χ2n) is 2.50. The average Bonchev–Trinajstić information content (AvgIpc) is 1.72. The van der Waals surface area contributed by atoms with Gasteiger partial charge in [-0.25, -0.2) is 0 Å². The summed E-state index contributed by atoms with van der Waals surface area (Å²) in [4.78, 5) is 2.58. The van der Waals surface area contributed by atoms with Gasteiger partial charge in [0, 0.05) is 6.54 Å². The van der Waals surface area contributed by atoms with E-state index in [4.69, 9.17) is 0 Å². The van der Waals surface area contributed by atoms with Gasteiger partial charge in [-0.3, -0.25) is 4.90 Å². The van der Waals surface area contributed by atoms with E-state index in [1.165, 1.54) is 31.7 Å². The lowest BCUT2D eigenvalue weighted by Gasteiger charge is -2.43. The molecule has 2 aliphatic rings. The van der Waals surface area contributed by atoms with E-state index in [0.717, 1.165) is 5.37 Å². The van der Waals surface area contributed by atoms with Crippen LogP contribution in [0.25, 0.3) is 0 Å². The highest BCUT2D eigenvalue weighted by Crippen LogP contribution is 2.32. The molecule has 2 aliphatic heterocycles. The fourth-order valence-corrected chi connectivity index (χ4v) is 2.61. The largest absolute Gasteiger partial charge is 0.291 e. The van der Waals surface area contributed by atoms with Gasteiger partial charge in [0.2, 0.25) is 0 Å². The molecule has 0 saturated carbocycles. The Hall–Kier alpha value is 0.310. The van der Waals surface area contributed by atoms with Gasteiger partial charge < -0.3 is 0 Å². The van der Waals surface area contributed by atoms with Gasteiger partial charge in [0.25, 0.3) is 0 Å². The first kappa shape index (κ1) is 5.12. The van der Waals surface area contributed by atoms with Gasteiger partial charge in [-0.1, -0.05) is 0 Å². The number of hydrogen-bond acceptors (Lipinski definition) is 2. The molecule has 2 fully saturated rings. The van der Waals surface area contributed by atoms with Crippen LogP contribution in [0.15, 0.2) is 0 Å². The first-order chi connectivity index (χ1) is 3.97. The third-order valence-corrected chi connectivity index (χ3v) is 3.41. The molecule has 46 valence electrons. The van der Waals surface area contributed by atoms with Gasteiger partial charge in [0.15, 0.2) is 0 Å². The van der Waals surface area contributed by atoms with Gasteiger partial charge in [-0.2, -0.15) is 0 Å². The molecular weight excluding hydrogens is 118 g/mol. The van der Waals surface area contributed by atoms with Crippen molar-refractivity contribution in [1.29, 1.82) is 0 Å². The number of thioether (sulfide) groups is 1. The molecule has 2 heteroatoms. The summed E-state index contributed by atoms with van der Waals surface area (Å²) in [6.07, 6.45) is 2.87. The van der Waals surface area contributed by atoms with Gasteiger partial charge in [-0.05, 0) is 25.1 Å². The van der Waals surface area contributed by atoms with E-state index in [1.54, 1.807) is 0 Å². The Bertz CT molecular complexity index is 82.5. The lowest BCUT2D eigenvalue weighted by atomic mass is 10.2. The molecule has 1 unspecified atom stereocenters. The van der Waals surface area contributed by atoms with E-state index in [-0.39, 0.29) is 0 Å². The Morgan fingerprint density at radius 3 is 2.75 bits per heavy atom. The van der Waals surface area contributed by atoms with Gasteiger partial charge >= 0.3 is 0 Å². The van der Waals surface area contributed by atoms with Crippen molar-refractivity contribution in [3.63, 3.8) is 0 Å². The second-order valence-corrected chi connectivity index (χ2v) is 3.79. The van der Waals surface area contributed by atoms with Crippen LogP contribution in [0, 0.1) is 0 Å². The smallest absolute Gasteiger partial charge is 0.0569 e. The summed E-state index contributed by atoms with van der Waals surface area (Å²) in [5, 5.41) is 0.934. The molecule has 0 aromatic carbocycles. The zero-order valence-corrected chi connectivity index (χ0v) is 5.78. The molecule has 0 radical (unpaired) electrons. The zero-order valence-electron chi connectivity index (χ0n) is 4.97. The van der Waals surface area contributed by atoms with Crippen LogP contribution in [-0.2, 0) is 0 Å². The van der Waals surface area contributed by atoms with Crippen molar-refractivity contribution in [2.45, 2.75) is 18.2 Å². The van der Waals surface area contributed by atoms with Crippen LogP contribution >= 0.6 is 11.8 Å². The fourth-order valence-electron chi connectivity index (χ4n) is 1.35. The van der Waals surface area contributed by atoms with E-state index in [0.29, 0.717) is 0 Å². The Morgan fingerprint density at radius 1 is 1.38 bits per heavy atom. The molecule has 0 aromatic heterocycles. The highest BCUT2D eigenvalue weighted by atomic mass is 32.2. The summed E-state index contributed by atoms with van der Waals surface area (Å²) in [6.45, 7) is 2.75. The van der Waals surface area contributed by atoms with Crippen LogP contribution in [0.4, 0.5) is 0 Å². The standard InChI is InChI=1S/C6H11NS/c1-3-7-4-2-6(7)8-5-1/h6H,1-5H2. The summed E-state index contributed by atoms with van der Waals surface area (Å²) in [5.41, 5.74) is 0. The Balaban J connectivity index is 1.92. The van der Waals surface area contributed by atoms with Crippen molar-refractivity contribution in [2.24, 2.45) is 0 Å². The van der Waals surface area contributed by atoms with E-state index in [2.05, 4.69) is 16.7 Å². The van der Waals surface area contributed by atoms with Crippen LogP contribution in [0.1, 0.15) is 12.8 Å². The van der Waals surface area contributed by atoms with Crippen molar-refractivity contribution in [3.05, 3.63) is 0 Å². The van der Waals surface area contributed by atoms with E-state index >= 15 is 0 Å². The van der Waals surface area contributed by atoms with Crippen LogP contribution in [0.5, 0.6) is 0 Å². The van der Waals surface area contributed by atoms with E-state index in [9.17, 15) is 0 Å². The van der Waals surface area contributed by atoms with E-state index in [1.807, 2.05) is 0 Å². The molecular formula is C6H11NS. The molecule has 1 nitrogen and oxygen atoms in total. The molecule has 0 N–H and O–H groups in total. The topological polar surface area (TPSA) is 3.24 Å². The number of rotatable bonds is 0. The van der Waals surface area contributed by atoms with Crippen molar-refractivity contribution in [2.75, 3.05) is 18.8 Å². The monoisotopic (exact) mass is 129 g/mol. The van der Waals surface area contributed by atoms with Crippen molar-refractivity contribution < 1.29 is 0 Å². The number of nitrogens with zero attached hydrogens (tertiary/aromatic N) is 1. The predicted molar refractivity (Wildman–Crippen MR) is 37.1 cm³/mol. The van der Waals surface area contributed by atoms with Crippen LogP contribution in [0.2, 0.25) is 0 Å². The highest BCUT2D eigenvalue weighted by Gasteiger charge is 2.29. The molecule has 8 heavy (non-hydrogen) atoms. The maximum atomic E-state index is 2.58. The molecule has 0 bridgehead atoms. The lowest BCUT2D eigenvalue weighted by molar-refractivity contribution is 0.149. The summed E-state index contributed by atoms with van der Waals surface area (Å²) in [7, 11) is 0. The van der Waals surface area contributed by atoms with Gasteiger partial charge in [-0.15, -0.1) is 11.8 Å². The molecule has 0 amide bonds. The zero-order chi connectivity index (χ0) is 5.40. The molecule has 2 heterocycles. The Kier molecular flexibility index (Phi) is 1.23. The minimum atomic E-state index is 0.934. The predicted octanol–water partition coefficient (Wildman–Crippen LogP) is 1.16. The maximum Gasteiger partial charge on any atom is 0.0569 e. The quantitative estimate of drug-likeness (QED) is 0.483. The highest BCUT2D eigenvalue weighted by molar-refractivity contribution is 7.99. The summed E-state index contributed by atoms with van der Waals surface area (Å²) in [6, 6.07) is 0. The average molecular weight is 129 g/mol. The first-order valence-electron chi connectivity index (χ1n) is 3.32. The van der Waals surface area contributed by atoms with Crippen LogP contribution in [0.3, 0.4) is 0 Å². The number of fused-ring (bicyclic) bond motifs is 1. The molecule has 2 saturated heterocycles. The van der Waals surface area contributed by atoms with Crippen LogP contribution in [-0.4, -0.2) is 29.1 Å². The third kappa shape index (κ3) is 0.669. The van der Waals surface area contributed by atoms with Crippen molar-refractivity contribution >= 4 is 11.8 Å². The molecule has 1 atom stereocenters. The second kappa shape index (κ2) is 1.92. The van der Waals surface area contributed by atoms with Gasteiger partial charge in [0.1, 0.15) is 0 Å². The summed E-state index contributed by atoms with van der Waals surface area (Å²) < 4.78 is 0. The summed E-state index contributed by atoms with van der Waals surface area (Å²) in [5.74, 6) is 1.40. The molecule has 0 aromatic rings. The molecule has 0 spiro atoms. The number of hydrogen-bond donors (Lipinski definition) is 0.